The fraction of sp³-hybridized carbons (Fsp3) is 0.900. The molecule has 1 fully saturated rings. The van der Waals surface area contributed by atoms with Crippen LogP contribution in [-0.4, -0.2) is 189 Å². The first kappa shape index (κ1) is 30.6. The van der Waals surface area contributed by atoms with E-state index in [9.17, 15) is 50.4 Å². The molecule has 1 heterocycles. The first-order valence-corrected chi connectivity index (χ1v) is 11.3. The van der Waals surface area contributed by atoms with Gasteiger partial charge in [-0.05, 0) is 0 Å². The molecule has 14 nitrogen and oxygen atoms in total. The van der Waals surface area contributed by atoms with Gasteiger partial charge in [-0.25, -0.2) is 0 Å². The van der Waals surface area contributed by atoms with Gasteiger partial charge in [0, 0.05) is 52.4 Å². The van der Waals surface area contributed by atoms with Crippen molar-refractivity contribution in [2.24, 2.45) is 0 Å². The topological polar surface area (TPSA) is 209 Å². The quantitative estimate of drug-likeness (QED) is 0.127. The van der Waals surface area contributed by atoms with Gasteiger partial charge in [0.2, 0.25) is 0 Å². The molecule has 0 aromatic rings. The zero-order valence-corrected chi connectivity index (χ0v) is 19.4. The maximum atomic E-state index is 11.4. The van der Waals surface area contributed by atoms with Crippen molar-refractivity contribution in [2.75, 3.05) is 91.9 Å². The number of carboxylic acids is 2. The van der Waals surface area contributed by atoms with Gasteiger partial charge in [-0.15, -0.1) is 0 Å². The van der Waals surface area contributed by atoms with Gasteiger partial charge < -0.3 is 40.9 Å². The van der Waals surface area contributed by atoms with Crippen LogP contribution in [0.15, 0.2) is 0 Å². The molecule has 0 amide bonds. The van der Waals surface area contributed by atoms with Gasteiger partial charge in [0.1, 0.15) is 0 Å². The lowest BCUT2D eigenvalue weighted by atomic mass is 10.1. The number of aliphatic carboxylic acids is 2. The Kier molecular flexibility index (Phi) is 14.6. The van der Waals surface area contributed by atoms with Crippen molar-refractivity contribution in [3.63, 3.8) is 0 Å². The number of carboxylic acid groups (broad SMARTS) is 2. The summed E-state index contributed by atoms with van der Waals surface area (Å²) in [6.45, 7) is -0.753. The van der Waals surface area contributed by atoms with Gasteiger partial charge in [-0.2, -0.15) is 0 Å². The molecule has 1 aliphatic rings. The Morgan fingerprint density at radius 3 is 1.06 bits per heavy atom. The zero-order chi connectivity index (χ0) is 25.7. The lowest BCUT2D eigenvalue weighted by Gasteiger charge is -2.39. The molecule has 4 unspecified atom stereocenters. The number of hydrogen-bond donors (Lipinski definition) is 8. The van der Waals surface area contributed by atoms with E-state index in [1.54, 1.807) is 19.6 Å². The molecule has 1 saturated heterocycles. The normalized spacial score (nSPS) is 22.3. The Balaban J connectivity index is 3.18. The van der Waals surface area contributed by atoms with Crippen molar-refractivity contribution in [1.82, 2.24) is 19.6 Å². The van der Waals surface area contributed by atoms with Gasteiger partial charge in [0.25, 0.3) is 0 Å². The molecule has 14 heteroatoms. The highest BCUT2D eigenvalue weighted by Gasteiger charge is 2.29. The lowest BCUT2D eigenvalue weighted by Crippen LogP contribution is -2.56. The van der Waals surface area contributed by atoms with Crippen LogP contribution in [0.4, 0.5) is 0 Å². The first-order valence-electron chi connectivity index (χ1n) is 11.3. The molecule has 0 bridgehead atoms. The van der Waals surface area contributed by atoms with Crippen molar-refractivity contribution in [3.05, 3.63) is 0 Å². The molecule has 1 rings (SSSR count). The minimum absolute atomic E-state index is 0.235. The summed E-state index contributed by atoms with van der Waals surface area (Å²) < 4.78 is 0. The Morgan fingerprint density at radius 1 is 0.559 bits per heavy atom. The molecular weight excluding hydrogens is 456 g/mol. The van der Waals surface area contributed by atoms with Crippen LogP contribution in [-0.2, 0) is 9.59 Å². The van der Waals surface area contributed by atoms with Gasteiger partial charge in [-0.1, -0.05) is 0 Å². The van der Waals surface area contributed by atoms with Crippen LogP contribution in [0.2, 0.25) is 0 Å². The third-order valence-electron chi connectivity index (χ3n) is 6.11. The number of rotatable bonds is 12. The highest BCUT2D eigenvalue weighted by atomic mass is 16.4. The molecule has 1 aliphatic heterocycles. The van der Waals surface area contributed by atoms with E-state index in [1.807, 2.05) is 0 Å². The smallest absolute Gasteiger partial charge is 0.317 e. The highest BCUT2D eigenvalue weighted by molar-refractivity contribution is 5.69. The Bertz CT molecular complexity index is 536. The molecular formula is C20H40N4O10. The van der Waals surface area contributed by atoms with Crippen LogP contribution in [0.3, 0.4) is 0 Å². The van der Waals surface area contributed by atoms with Crippen LogP contribution in [0.1, 0.15) is 0 Å². The number of aliphatic hydroxyl groups excluding tert-OH is 6. The van der Waals surface area contributed by atoms with Crippen molar-refractivity contribution < 1.29 is 50.4 Å². The Hall–Kier alpha value is -1.46. The summed E-state index contributed by atoms with van der Waals surface area (Å²) in [6.07, 6.45) is -2.47. The zero-order valence-electron chi connectivity index (χ0n) is 19.4. The van der Waals surface area contributed by atoms with E-state index in [-0.39, 0.29) is 65.4 Å². The molecule has 8 N–H and O–H groups in total. The first-order chi connectivity index (χ1) is 16.2. The maximum Gasteiger partial charge on any atom is 0.317 e. The van der Waals surface area contributed by atoms with Crippen molar-refractivity contribution in [1.29, 1.82) is 0 Å². The molecule has 0 radical (unpaired) electrons. The summed E-state index contributed by atoms with van der Waals surface area (Å²) >= 11 is 0. The fourth-order valence-electron chi connectivity index (χ4n) is 4.09. The van der Waals surface area contributed by atoms with E-state index in [0.717, 1.165) is 0 Å². The predicted molar refractivity (Wildman–Crippen MR) is 119 cm³/mol. The average molecular weight is 497 g/mol. The number of aliphatic hydroxyl groups is 6. The van der Waals surface area contributed by atoms with E-state index < -0.39 is 62.7 Å². The van der Waals surface area contributed by atoms with E-state index in [1.165, 1.54) is 0 Å². The fourth-order valence-corrected chi connectivity index (χ4v) is 4.09. The summed E-state index contributed by atoms with van der Waals surface area (Å²) in [6, 6.07) is -1.64. The van der Waals surface area contributed by atoms with Crippen molar-refractivity contribution in [3.8, 4) is 0 Å². The summed E-state index contributed by atoms with van der Waals surface area (Å²) in [7, 11) is 0. The standard InChI is InChI=1S/C20H40N4O10/c25-11-15(17(29)13-27)23-5-1-21(9-19(31)32)2-6-24(16(12-26)18(30)14-28)8-4-22(3-7-23)10-20(33)34/h15-18,25-30H,1-14H2,(H,31,32)(H,33,34). The maximum absolute atomic E-state index is 11.4. The Labute approximate surface area is 198 Å². The summed E-state index contributed by atoms with van der Waals surface area (Å²) in [5, 5.41) is 77.2. The molecule has 200 valence electrons. The van der Waals surface area contributed by atoms with Gasteiger partial charge in [-0.3, -0.25) is 29.2 Å². The van der Waals surface area contributed by atoms with Gasteiger partial charge in [0.15, 0.2) is 0 Å². The minimum atomic E-state index is -1.24. The summed E-state index contributed by atoms with van der Waals surface area (Å²) in [5.74, 6) is -2.11. The second-order valence-electron chi connectivity index (χ2n) is 8.41. The van der Waals surface area contributed by atoms with E-state index in [0.29, 0.717) is 0 Å². The SMILES string of the molecule is O=C(O)CN1CCN(C(CO)C(O)CO)CCN(CC(=O)O)CCN(C(CO)C(O)CO)CC1. The molecule has 0 aliphatic carbocycles. The molecule has 34 heavy (non-hydrogen) atoms. The van der Waals surface area contributed by atoms with Crippen LogP contribution < -0.4 is 0 Å². The predicted octanol–water partition coefficient (Wildman–Crippen LogP) is -5.19. The number of hydrogen-bond acceptors (Lipinski definition) is 12. The van der Waals surface area contributed by atoms with Crippen LogP contribution in [0, 0.1) is 0 Å². The van der Waals surface area contributed by atoms with E-state index >= 15 is 0 Å². The highest BCUT2D eigenvalue weighted by Crippen LogP contribution is 2.10. The lowest BCUT2D eigenvalue weighted by molar-refractivity contribution is -0.139. The summed E-state index contributed by atoms with van der Waals surface area (Å²) in [5.41, 5.74) is 0. The van der Waals surface area contributed by atoms with Crippen LogP contribution in [0.25, 0.3) is 0 Å². The van der Waals surface area contributed by atoms with Crippen molar-refractivity contribution in [2.45, 2.75) is 24.3 Å². The number of carbonyl (C=O) groups is 2. The monoisotopic (exact) mass is 496 g/mol. The minimum Gasteiger partial charge on any atom is -0.480 e. The van der Waals surface area contributed by atoms with Crippen molar-refractivity contribution >= 4 is 11.9 Å². The average Bonchev–Trinajstić information content (AvgIpc) is 2.79. The molecule has 0 saturated carbocycles. The molecule has 4 atom stereocenters. The van der Waals surface area contributed by atoms with Gasteiger partial charge in [0.05, 0.1) is 63.8 Å². The second kappa shape index (κ2) is 16.3. The van der Waals surface area contributed by atoms with E-state index in [4.69, 9.17) is 0 Å². The van der Waals surface area contributed by atoms with Crippen LogP contribution >= 0.6 is 0 Å². The summed E-state index contributed by atoms with van der Waals surface area (Å²) in [4.78, 5) is 29.4. The van der Waals surface area contributed by atoms with Crippen LogP contribution in [0.5, 0.6) is 0 Å². The van der Waals surface area contributed by atoms with Gasteiger partial charge >= 0.3 is 11.9 Å². The third kappa shape index (κ3) is 10.4. The molecule has 0 aromatic heterocycles. The largest absolute Gasteiger partial charge is 0.480 e. The molecule has 0 spiro atoms. The second-order valence-corrected chi connectivity index (χ2v) is 8.41. The third-order valence-corrected chi connectivity index (χ3v) is 6.11. The number of nitrogens with zero attached hydrogens (tertiary/aromatic N) is 4. The Morgan fingerprint density at radius 2 is 0.853 bits per heavy atom. The molecule has 0 aromatic carbocycles. The van der Waals surface area contributed by atoms with E-state index in [2.05, 4.69) is 0 Å².